The van der Waals surface area contributed by atoms with Crippen molar-refractivity contribution in [1.29, 1.82) is 0 Å². The molecule has 0 aliphatic carbocycles. The molecule has 0 saturated heterocycles. The number of nitrogens with zero attached hydrogens (tertiary/aromatic N) is 1. The van der Waals surface area contributed by atoms with Crippen molar-refractivity contribution in [2.24, 2.45) is 10.9 Å². The van der Waals surface area contributed by atoms with E-state index in [4.69, 9.17) is 0 Å². The highest BCUT2D eigenvalue weighted by atomic mass is 127. The number of hydrogen-bond acceptors (Lipinski definition) is 3. The highest BCUT2D eigenvalue weighted by Gasteiger charge is 2.10. The van der Waals surface area contributed by atoms with Crippen LogP contribution >= 0.6 is 24.0 Å². The van der Waals surface area contributed by atoms with Gasteiger partial charge in [0.2, 0.25) is 5.91 Å². The van der Waals surface area contributed by atoms with E-state index in [1.54, 1.807) is 12.1 Å². The highest BCUT2D eigenvalue weighted by molar-refractivity contribution is 14.0. The van der Waals surface area contributed by atoms with Crippen molar-refractivity contribution in [3.8, 4) is 5.75 Å². The topological polar surface area (TPSA) is 74.8 Å². The first-order valence-electron chi connectivity index (χ1n) is 8.67. The van der Waals surface area contributed by atoms with Crippen LogP contribution in [0, 0.1) is 12.8 Å². The Labute approximate surface area is 176 Å². The number of hydrogen-bond donors (Lipinski definition) is 3. The number of aryl methyl sites for hydroxylation is 1. The lowest BCUT2D eigenvalue weighted by atomic mass is 10.1. The molecular weight excluding hydrogens is 469 g/mol. The monoisotopic (exact) mass is 498 g/mol. The zero-order chi connectivity index (χ0) is 19.5. The van der Waals surface area contributed by atoms with Crippen LogP contribution in [0.25, 0.3) is 0 Å². The first-order chi connectivity index (χ1) is 12.3. The molecule has 0 fully saturated rings. The summed E-state index contributed by atoms with van der Waals surface area (Å²) in [4.78, 5) is 15.9. The molecule has 9 heteroatoms. The second kappa shape index (κ2) is 13.5. The fourth-order valence-electron chi connectivity index (χ4n) is 2.12. The summed E-state index contributed by atoms with van der Waals surface area (Å²) >= 11 is 0. The van der Waals surface area contributed by atoms with Gasteiger partial charge in [-0.3, -0.25) is 4.79 Å². The maximum absolute atomic E-state index is 12.5. The van der Waals surface area contributed by atoms with Gasteiger partial charge in [-0.05, 0) is 19.9 Å². The Kier molecular flexibility index (Phi) is 12.7. The van der Waals surface area contributed by atoms with Gasteiger partial charge in [0, 0.05) is 31.1 Å². The molecule has 1 aromatic rings. The van der Waals surface area contributed by atoms with Gasteiger partial charge in [-0.2, -0.15) is 8.78 Å². The van der Waals surface area contributed by atoms with Crippen molar-refractivity contribution < 1.29 is 18.3 Å². The number of benzene rings is 1. The lowest BCUT2D eigenvalue weighted by Gasteiger charge is -2.14. The van der Waals surface area contributed by atoms with Crippen LogP contribution in [0.3, 0.4) is 0 Å². The van der Waals surface area contributed by atoms with Crippen LogP contribution in [0.1, 0.15) is 31.9 Å². The van der Waals surface area contributed by atoms with Crippen LogP contribution in [0.2, 0.25) is 0 Å². The fraction of sp³-hybridized carbons (Fsp3) is 0.556. The van der Waals surface area contributed by atoms with Crippen molar-refractivity contribution >= 4 is 35.8 Å². The molecule has 1 aromatic carbocycles. The average Bonchev–Trinajstić information content (AvgIpc) is 2.57. The average molecular weight is 498 g/mol. The quantitative estimate of drug-likeness (QED) is 0.212. The number of amides is 1. The summed E-state index contributed by atoms with van der Waals surface area (Å²) in [6, 6.07) is 5.01. The summed E-state index contributed by atoms with van der Waals surface area (Å²) in [5, 5.41) is 8.98. The van der Waals surface area contributed by atoms with Gasteiger partial charge in [-0.15, -0.1) is 24.0 Å². The van der Waals surface area contributed by atoms with Gasteiger partial charge in [0.25, 0.3) is 0 Å². The zero-order valence-electron chi connectivity index (χ0n) is 16.1. The van der Waals surface area contributed by atoms with Gasteiger partial charge in [-0.25, -0.2) is 4.99 Å². The minimum Gasteiger partial charge on any atom is -0.434 e. The summed E-state index contributed by atoms with van der Waals surface area (Å²) in [5.74, 6) is 0.582. The van der Waals surface area contributed by atoms with E-state index in [1.807, 2.05) is 27.7 Å². The van der Waals surface area contributed by atoms with Crippen LogP contribution < -0.4 is 20.7 Å². The number of rotatable bonds is 9. The number of aliphatic imine (C=N–C) groups is 1. The van der Waals surface area contributed by atoms with Gasteiger partial charge < -0.3 is 20.7 Å². The summed E-state index contributed by atoms with van der Waals surface area (Å²) in [6.45, 7) is 6.39. The molecule has 0 saturated carbocycles. The molecule has 0 aromatic heterocycles. The van der Waals surface area contributed by atoms with Gasteiger partial charge in [-0.1, -0.05) is 31.5 Å². The second-order valence-corrected chi connectivity index (χ2v) is 6.06. The summed E-state index contributed by atoms with van der Waals surface area (Å²) in [6.07, 6.45) is 0. The zero-order valence-corrected chi connectivity index (χ0v) is 18.5. The number of nitrogens with one attached hydrogen (secondary N) is 3. The maximum atomic E-state index is 12.5. The third-order valence-electron chi connectivity index (χ3n) is 3.42. The van der Waals surface area contributed by atoms with Gasteiger partial charge >= 0.3 is 6.61 Å². The molecule has 0 unspecified atom stereocenters. The summed E-state index contributed by atoms with van der Waals surface area (Å²) in [5.41, 5.74) is 1.52. The lowest BCUT2D eigenvalue weighted by Crippen LogP contribution is -2.42. The smallest absolute Gasteiger partial charge is 0.387 e. The Hall–Kier alpha value is -1.65. The minimum absolute atomic E-state index is 0. The molecular formula is C18H29F2IN4O2. The second-order valence-electron chi connectivity index (χ2n) is 6.06. The Morgan fingerprint density at radius 3 is 2.44 bits per heavy atom. The van der Waals surface area contributed by atoms with Crippen molar-refractivity contribution in [2.45, 2.75) is 40.9 Å². The third kappa shape index (κ3) is 10.3. The molecule has 1 amide bonds. The van der Waals surface area contributed by atoms with Crippen LogP contribution in [-0.4, -0.2) is 38.1 Å². The molecule has 3 N–H and O–H groups in total. The summed E-state index contributed by atoms with van der Waals surface area (Å²) < 4.78 is 29.6. The van der Waals surface area contributed by atoms with Crippen molar-refractivity contribution in [2.75, 3.05) is 19.6 Å². The molecule has 0 radical (unpaired) electrons. The Morgan fingerprint density at radius 1 is 1.19 bits per heavy atom. The molecule has 0 bridgehead atoms. The normalized spacial score (nSPS) is 11.2. The number of carbonyl (C=O) groups is 1. The number of ether oxygens (including phenoxy) is 1. The number of alkyl halides is 2. The number of guanidine groups is 1. The van der Waals surface area contributed by atoms with Crippen molar-refractivity contribution in [1.82, 2.24) is 16.0 Å². The van der Waals surface area contributed by atoms with E-state index in [9.17, 15) is 13.6 Å². The maximum Gasteiger partial charge on any atom is 0.387 e. The van der Waals surface area contributed by atoms with E-state index in [0.29, 0.717) is 31.2 Å². The van der Waals surface area contributed by atoms with Crippen molar-refractivity contribution in [3.63, 3.8) is 0 Å². The largest absolute Gasteiger partial charge is 0.434 e. The van der Waals surface area contributed by atoms with Crippen LogP contribution in [0.4, 0.5) is 8.78 Å². The van der Waals surface area contributed by atoms with Crippen molar-refractivity contribution in [3.05, 3.63) is 29.3 Å². The van der Waals surface area contributed by atoms with Crippen LogP contribution in [-0.2, 0) is 11.3 Å². The lowest BCUT2D eigenvalue weighted by molar-refractivity contribution is -0.123. The molecule has 6 nitrogen and oxygen atoms in total. The molecule has 0 aliphatic rings. The van der Waals surface area contributed by atoms with E-state index in [2.05, 4.69) is 25.7 Å². The first kappa shape index (κ1) is 25.4. The number of halogens is 3. The fourth-order valence-corrected chi connectivity index (χ4v) is 2.12. The molecule has 0 heterocycles. The Bertz CT molecular complexity index is 613. The molecule has 154 valence electrons. The van der Waals surface area contributed by atoms with Crippen LogP contribution in [0.5, 0.6) is 5.75 Å². The number of carbonyl (C=O) groups excluding carboxylic acids is 1. The molecule has 0 spiro atoms. The van der Waals surface area contributed by atoms with Gasteiger partial charge in [0.1, 0.15) is 5.75 Å². The van der Waals surface area contributed by atoms with Gasteiger partial charge in [0.15, 0.2) is 5.96 Å². The highest BCUT2D eigenvalue weighted by Crippen LogP contribution is 2.22. The SMILES string of the molecule is CCNC(=NCc1cc(C)ccc1OC(F)F)NCCNC(=O)C(C)C.I. The molecule has 0 aliphatic heterocycles. The van der Waals surface area contributed by atoms with E-state index in [-0.39, 0.29) is 48.1 Å². The Morgan fingerprint density at radius 2 is 1.85 bits per heavy atom. The molecule has 0 atom stereocenters. The predicted octanol–water partition coefficient (Wildman–Crippen LogP) is 3.04. The summed E-state index contributed by atoms with van der Waals surface area (Å²) in [7, 11) is 0. The first-order valence-corrected chi connectivity index (χ1v) is 8.67. The van der Waals surface area contributed by atoms with E-state index >= 15 is 0 Å². The predicted molar refractivity (Wildman–Crippen MR) is 114 cm³/mol. The standard InChI is InChI=1S/C18H28F2N4O2.HI/c1-5-21-18(23-9-8-22-16(25)12(2)3)24-11-14-10-13(4)6-7-15(14)26-17(19)20;/h6-7,10,12,17H,5,8-9,11H2,1-4H3,(H,22,25)(H2,21,23,24);1H. The van der Waals surface area contributed by atoms with Crippen LogP contribution in [0.15, 0.2) is 23.2 Å². The molecule has 27 heavy (non-hydrogen) atoms. The third-order valence-corrected chi connectivity index (χ3v) is 3.42. The molecule has 1 rings (SSSR count). The van der Waals surface area contributed by atoms with Gasteiger partial charge in [0.05, 0.1) is 6.54 Å². The van der Waals surface area contributed by atoms with E-state index in [1.165, 1.54) is 6.07 Å². The Balaban J connectivity index is 0.00000676. The van der Waals surface area contributed by atoms with E-state index < -0.39 is 6.61 Å². The van der Waals surface area contributed by atoms with E-state index in [0.717, 1.165) is 5.56 Å². The minimum atomic E-state index is -2.88.